The summed E-state index contributed by atoms with van der Waals surface area (Å²) in [6.07, 6.45) is 0. The Hall–Kier alpha value is -2.78. The molecule has 0 fully saturated rings. The van der Waals surface area contributed by atoms with Crippen molar-refractivity contribution in [1.29, 1.82) is 0 Å². The van der Waals surface area contributed by atoms with E-state index in [4.69, 9.17) is 15.2 Å². The van der Waals surface area contributed by atoms with Crippen LogP contribution in [-0.4, -0.2) is 14.2 Å². The molecule has 0 aromatic heterocycles. The summed E-state index contributed by atoms with van der Waals surface area (Å²) >= 11 is 0. The van der Waals surface area contributed by atoms with E-state index >= 15 is 0 Å². The van der Waals surface area contributed by atoms with Crippen molar-refractivity contribution in [3.63, 3.8) is 0 Å². The molecule has 3 rings (SSSR count). The SMILES string of the molecule is COc1ccc(C(N)(c2ccccc2)c2ccc(OC)cc2)cc1. The summed E-state index contributed by atoms with van der Waals surface area (Å²) in [6.45, 7) is 0. The minimum atomic E-state index is -0.750. The Labute approximate surface area is 142 Å². The molecule has 0 saturated carbocycles. The van der Waals surface area contributed by atoms with Crippen LogP contribution in [0.2, 0.25) is 0 Å². The number of rotatable bonds is 5. The van der Waals surface area contributed by atoms with Crippen LogP contribution < -0.4 is 15.2 Å². The third-order valence-electron chi connectivity index (χ3n) is 4.32. The fraction of sp³-hybridized carbons (Fsp3) is 0.143. The van der Waals surface area contributed by atoms with Crippen LogP contribution in [-0.2, 0) is 5.54 Å². The quantitative estimate of drug-likeness (QED) is 0.724. The van der Waals surface area contributed by atoms with Crippen molar-refractivity contribution < 1.29 is 9.47 Å². The zero-order valence-electron chi connectivity index (χ0n) is 13.9. The van der Waals surface area contributed by atoms with E-state index in [-0.39, 0.29) is 0 Å². The molecule has 0 spiro atoms. The third-order valence-corrected chi connectivity index (χ3v) is 4.32. The van der Waals surface area contributed by atoms with Crippen LogP contribution in [0.5, 0.6) is 11.5 Å². The molecule has 3 aromatic carbocycles. The lowest BCUT2D eigenvalue weighted by Gasteiger charge is -2.31. The van der Waals surface area contributed by atoms with Gasteiger partial charge in [0, 0.05) is 0 Å². The Kier molecular flexibility index (Phi) is 4.54. The second kappa shape index (κ2) is 6.77. The molecule has 0 amide bonds. The monoisotopic (exact) mass is 319 g/mol. The molecular formula is C21H21NO2. The van der Waals surface area contributed by atoms with Crippen molar-refractivity contribution >= 4 is 0 Å². The number of nitrogens with two attached hydrogens (primary N) is 1. The summed E-state index contributed by atoms with van der Waals surface area (Å²) in [4.78, 5) is 0. The lowest BCUT2D eigenvalue weighted by atomic mass is 9.78. The van der Waals surface area contributed by atoms with Crippen LogP contribution in [0, 0.1) is 0 Å². The predicted octanol–water partition coefficient (Wildman–Crippen LogP) is 3.95. The van der Waals surface area contributed by atoms with Gasteiger partial charge in [0.25, 0.3) is 0 Å². The zero-order chi connectivity index (χ0) is 17.0. The summed E-state index contributed by atoms with van der Waals surface area (Å²) in [6, 6.07) is 25.9. The number of hydrogen-bond donors (Lipinski definition) is 1. The van der Waals surface area contributed by atoms with Gasteiger partial charge in [-0.2, -0.15) is 0 Å². The van der Waals surface area contributed by atoms with E-state index in [0.29, 0.717) is 0 Å². The summed E-state index contributed by atoms with van der Waals surface area (Å²) in [7, 11) is 3.32. The van der Waals surface area contributed by atoms with Crippen LogP contribution in [0.15, 0.2) is 78.9 Å². The van der Waals surface area contributed by atoms with E-state index in [1.54, 1.807) is 14.2 Å². The fourth-order valence-corrected chi connectivity index (χ4v) is 2.91. The summed E-state index contributed by atoms with van der Waals surface area (Å²) < 4.78 is 10.5. The molecule has 0 atom stereocenters. The molecule has 2 N–H and O–H groups in total. The topological polar surface area (TPSA) is 44.5 Å². The van der Waals surface area contributed by atoms with Gasteiger partial charge in [0.05, 0.1) is 19.8 Å². The second-order valence-electron chi connectivity index (χ2n) is 5.63. The number of methoxy groups -OCH3 is 2. The molecule has 0 bridgehead atoms. The van der Waals surface area contributed by atoms with E-state index in [1.807, 2.05) is 66.7 Å². The van der Waals surface area contributed by atoms with E-state index in [0.717, 1.165) is 28.2 Å². The summed E-state index contributed by atoms with van der Waals surface area (Å²) in [5, 5.41) is 0. The van der Waals surface area contributed by atoms with E-state index in [1.165, 1.54) is 0 Å². The number of benzene rings is 3. The Bertz CT molecular complexity index is 733. The van der Waals surface area contributed by atoms with Crippen molar-refractivity contribution in [2.45, 2.75) is 5.54 Å². The number of ether oxygens (including phenoxy) is 2. The molecule has 3 heteroatoms. The van der Waals surface area contributed by atoms with Gasteiger partial charge in [-0.25, -0.2) is 0 Å². The van der Waals surface area contributed by atoms with E-state index in [2.05, 4.69) is 12.1 Å². The maximum atomic E-state index is 6.96. The molecule has 3 nitrogen and oxygen atoms in total. The first-order chi connectivity index (χ1) is 11.7. The van der Waals surface area contributed by atoms with Crippen molar-refractivity contribution in [3.8, 4) is 11.5 Å². The van der Waals surface area contributed by atoms with Crippen molar-refractivity contribution in [3.05, 3.63) is 95.6 Å². The van der Waals surface area contributed by atoms with Gasteiger partial charge in [0.2, 0.25) is 0 Å². The predicted molar refractivity (Wildman–Crippen MR) is 96.5 cm³/mol. The lowest BCUT2D eigenvalue weighted by molar-refractivity contribution is 0.414. The first-order valence-corrected chi connectivity index (χ1v) is 7.82. The van der Waals surface area contributed by atoms with Crippen LogP contribution in [0.4, 0.5) is 0 Å². The van der Waals surface area contributed by atoms with Gasteiger partial charge < -0.3 is 15.2 Å². The largest absolute Gasteiger partial charge is 0.497 e. The molecule has 0 aliphatic carbocycles. The molecule has 3 aromatic rings. The average Bonchev–Trinajstić information content (AvgIpc) is 2.68. The first kappa shape index (κ1) is 16.1. The Morgan fingerprint density at radius 2 is 0.958 bits per heavy atom. The molecule has 122 valence electrons. The van der Waals surface area contributed by atoms with E-state index in [9.17, 15) is 0 Å². The van der Waals surface area contributed by atoms with Crippen molar-refractivity contribution in [2.24, 2.45) is 5.73 Å². The van der Waals surface area contributed by atoms with Crippen LogP contribution in [0.1, 0.15) is 16.7 Å². The van der Waals surface area contributed by atoms with Gasteiger partial charge in [-0.3, -0.25) is 0 Å². The lowest BCUT2D eigenvalue weighted by Crippen LogP contribution is -2.39. The first-order valence-electron chi connectivity index (χ1n) is 7.82. The molecular weight excluding hydrogens is 298 g/mol. The highest BCUT2D eigenvalue weighted by Crippen LogP contribution is 2.35. The number of hydrogen-bond acceptors (Lipinski definition) is 3. The average molecular weight is 319 g/mol. The van der Waals surface area contributed by atoms with Crippen LogP contribution in [0.25, 0.3) is 0 Å². The summed E-state index contributed by atoms with van der Waals surface area (Å²) in [5.41, 5.74) is 9.24. The fourth-order valence-electron chi connectivity index (χ4n) is 2.91. The third kappa shape index (κ3) is 2.86. The molecule has 0 heterocycles. The second-order valence-corrected chi connectivity index (χ2v) is 5.63. The van der Waals surface area contributed by atoms with Gasteiger partial charge in [0.15, 0.2) is 0 Å². The molecule has 24 heavy (non-hydrogen) atoms. The van der Waals surface area contributed by atoms with Crippen molar-refractivity contribution in [1.82, 2.24) is 0 Å². The molecule has 0 saturated heterocycles. The van der Waals surface area contributed by atoms with Crippen LogP contribution >= 0.6 is 0 Å². The van der Waals surface area contributed by atoms with Gasteiger partial charge >= 0.3 is 0 Å². The highest BCUT2D eigenvalue weighted by molar-refractivity contribution is 5.50. The highest BCUT2D eigenvalue weighted by Gasteiger charge is 2.31. The Morgan fingerprint density at radius 1 is 0.583 bits per heavy atom. The summed E-state index contributed by atoms with van der Waals surface area (Å²) in [5.74, 6) is 1.62. The van der Waals surface area contributed by atoms with Gasteiger partial charge in [-0.15, -0.1) is 0 Å². The highest BCUT2D eigenvalue weighted by atomic mass is 16.5. The van der Waals surface area contributed by atoms with Gasteiger partial charge in [0.1, 0.15) is 11.5 Å². The maximum absolute atomic E-state index is 6.96. The smallest absolute Gasteiger partial charge is 0.118 e. The minimum Gasteiger partial charge on any atom is -0.497 e. The molecule has 0 unspecified atom stereocenters. The van der Waals surface area contributed by atoms with E-state index < -0.39 is 5.54 Å². The molecule has 0 aliphatic heterocycles. The normalized spacial score (nSPS) is 11.1. The standard InChI is InChI=1S/C21H21NO2/c1-23-19-12-8-17(9-13-19)21(22,16-6-4-3-5-7-16)18-10-14-20(24-2)15-11-18/h3-15H,22H2,1-2H3. The maximum Gasteiger partial charge on any atom is 0.118 e. The van der Waals surface area contributed by atoms with Gasteiger partial charge in [-0.05, 0) is 41.0 Å². The van der Waals surface area contributed by atoms with Gasteiger partial charge in [-0.1, -0.05) is 54.6 Å². The Morgan fingerprint density at radius 3 is 1.33 bits per heavy atom. The van der Waals surface area contributed by atoms with Crippen LogP contribution in [0.3, 0.4) is 0 Å². The minimum absolute atomic E-state index is 0.750. The zero-order valence-corrected chi connectivity index (χ0v) is 13.9. The molecule has 0 aliphatic rings. The Balaban J connectivity index is 2.16. The van der Waals surface area contributed by atoms with Crippen molar-refractivity contribution in [2.75, 3.05) is 14.2 Å². The molecule has 0 radical (unpaired) electrons.